The maximum Gasteiger partial charge on any atom is 0.374 e. The maximum atomic E-state index is 12.0. The van der Waals surface area contributed by atoms with Crippen molar-refractivity contribution in [2.45, 2.75) is 46.1 Å². The van der Waals surface area contributed by atoms with Gasteiger partial charge in [-0.25, -0.2) is 15.0 Å². The van der Waals surface area contributed by atoms with Crippen molar-refractivity contribution in [1.82, 2.24) is 5.43 Å². The first kappa shape index (κ1) is 15.1. The first-order valence-electron chi connectivity index (χ1n) is 6.85. The number of ether oxygens (including phenoxy) is 1. The van der Waals surface area contributed by atoms with Crippen molar-refractivity contribution in [1.29, 1.82) is 0 Å². The number of carbonyl (C=O) groups excluding carboxylic acids is 2. The predicted molar refractivity (Wildman–Crippen MR) is 76.2 cm³/mol. The SMILES string of the molecule is Cc1c(C(=O)OC(C)C)oc2c1/C(=N/NC(N)=O)CCC2. The molecule has 7 heteroatoms. The highest BCUT2D eigenvalue weighted by Crippen LogP contribution is 2.30. The lowest BCUT2D eigenvalue weighted by Gasteiger charge is -2.13. The van der Waals surface area contributed by atoms with Crippen LogP contribution in [0, 0.1) is 6.92 Å². The summed E-state index contributed by atoms with van der Waals surface area (Å²) in [7, 11) is 0. The van der Waals surface area contributed by atoms with E-state index in [9.17, 15) is 9.59 Å². The Balaban J connectivity index is 2.37. The minimum Gasteiger partial charge on any atom is -0.457 e. The Morgan fingerprint density at radius 3 is 2.71 bits per heavy atom. The van der Waals surface area contributed by atoms with Crippen molar-refractivity contribution in [3.05, 3.63) is 22.6 Å². The zero-order valence-electron chi connectivity index (χ0n) is 12.4. The Kier molecular flexibility index (Phi) is 4.30. The first-order chi connectivity index (χ1) is 9.90. The molecule has 3 N–H and O–H groups in total. The molecule has 1 heterocycles. The Morgan fingerprint density at radius 2 is 2.10 bits per heavy atom. The molecule has 2 amide bonds. The van der Waals surface area contributed by atoms with Gasteiger partial charge in [-0.05, 0) is 33.6 Å². The highest BCUT2D eigenvalue weighted by Gasteiger charge is 2.29. The summed E-state index contributed by atoms with van der Waals surface area (Å²) in [6.45, 7) is 5.34. The Hall–Kier alpha value is -2.31. The van der Waals surface area contributed by atoms with Gasteiger partial charge in [0.15, 0.2) is 0 Å². The van der Waals surface area contributed by atoms with Gasteiger partial charge in [0.1, 0.15) is 5.76 Å². The molecule has 1 aliphatic carbocycles. The van der Waals surface area contributed by atoms with Crippen molar-refractivity contribution in [3.8, 4) is 0 Å². The third kappa shape index (κ3) is 3.24. The second-order valence-corrected chi connectivity index (χ2v) is 5.20. The number of aryl methyl sites for hydroxylation is 1. The third-order valence-corrected chi connectivity index (χ3v) is 3.15. The first-order valence-corrected chi connectivity index (χ1v) is 6.85. The number of hydrogen-bond donors (Lipinski definition) is 2. The Labute approximate surface area is 122 Å². The summed E-state index contributed by atoms with van der Waals surface area (Å²) in [5.41, 5.74) is 9.36. The molecule has 0 bridgehead atoms. The Morgan fingerprint density at radius 1 is 1.38 bits per heavy atom. The minimum absolute atomic E-state index is 0.197. The molecule has 0 saturated heterocycles. The number of rotatable bonds is 3. The molecular formula is C14H19N3O4. The van der Waals surface area contributed by atoms with Gasteiger partial charge in [0, 0.05) is 17.5 Å². The number of hydrogen-bond acceptors (Lipinski definition) is 5. The molecule has 7 nitrogen and oxygen atoms in total. The molecule has 0 aromatic carbocycles. The second-order valence-electron chi connectivity index (χ2n) is 5.20. The van der Waals surface area contributed by atoms with E-state index >= 15 is 0 Å². The zero-order valence-corrected chi connectivity index (χ0v) is 12.4. The standard InChI is InChI=1S/C14H19N3O4/c1-7(2)20-13(18)12-8(3)11-9(16-17-14(15)19)5-4-6-10(11)21-12/h7H,4-6H2,1-3H3,(H3,15,17,19)/b16-9+. The molecule has 0 saturated carbocycles. The van der Waals surface area contributed by atoms with Gasteiger partial charge in [-0.15, -0.1) is 0 Å². The number of nitrogens with zero attached hydrogens (tertiary/aromatic N) is 1. The summed E-state index contributed by atoms with van der Waals surface area (Å²) in [6, 6.07) is -0.727. The molecular weight excluding hydrogens is 274 g/mol. The largest absolute Gasteiger partial charge is 0.457 e. The van der Waals surface area contributed by atoms with E-state index < -0.39 is 12.0 Å². The average Bonchev–Trinajstić information content (AvgIpc) is 2.74. The number of furan rings is 1. The number of amides is 2. The van der Waals surface area contributed by atoms with Crippen LogP contribution < -0.4 is 11.2 Å². The normalized spacial score (nSPS) is 15.9. The highest BCUT2D eigenvalue weighted by atomic mass is 16.6. The van der Waals surface area contributed by atoms with Gasteiger partial charge >= 0.3 is 12.0 Å². The summed E-state index contributed by atoms with van der Waals surface area (Å²) in [5.74, 6) is 0.404. The monoisotopic (exact) mass is 293 g/mol. The lowest BCUT2D eigenvalue weighted by Crippen LogP contribution is -2.27. The van der Waals surface area contributed by atoms with E-state index in [0.29, 0.717) is 23.5 Å². The summed E-state index contributed by atoms with van der Waals surface area (Å²) in [5, 5.41) is 4.00. The summed E-state index contributed by atoms with van der Waals surface area (Å²) >= 11 is 0. The average molecular weight is 293 g/mol. The molecule has 0 atom stereocenters. The molecule has 21 heavy (non-hydrogen) atoms. The van der Waals surface area contributed by atoms with Crippen molar-refractivity contribution < 1.29 is 18.7 Å². The van der Waals surface area contributed by atoms with Gasteiger partial charge < -0.3 is 14.9 Å². The quantitative estimate of drug-likeness (QED) is 0.655. The number of primary amides is 1. The van der Waals surface area contributed by atoms with E-state index in [2.05, 4.69) is 10.5 Å². The molecule has 0 radical (unpaired) electrons. The number of nitrogens with two attached hydrogens (primary N) is 1. The number of carbonyl (C=O) groups is 2. The van der Waals surface area contributed by atoms with Crippen LogP contribution in [-0.2, 0) is 11.2 Å². The number of nitrogens with one attached hydrogen (secondary N) is 1. The maximum absolute atomic E-state index is 12.0. The number of hydrazone groups is 1. The molecule has 0 unspecified atom stereocenters. The smallest absolute Gasteiger partial charge is 0.374 e. The van der Waals surface area contributed by atoms with Crippen LogP contribution in [0.4, 0.5) is 4.79 Å². The zero-order chi connectivity index (χ0) is 15.6. The van der Waals surface area contributed by atoms with Crippen molar-refractivity contribution in [2.24, 2.45) is 10.8 Å². The molecule has 1 aromatic rings. The van der Waals surface area contributed by atoms with Gasteiger partial charge in [-0.2, -0.15) is 5.10 Å². The Bertz CT molecular complexity index is 602. The molecule has 0 aliphatic heterocycles. The van der Waals surface area contributed by atoms with Crippen LogP contribution >= 0.6 is 0 Å². The number of urea groups is 1. The fourth-order valence-electron chi connectivity index (χ4n) is 2.36. The minimum atomic E-state index is -0.727. The lowest BCUT2D eigenvalue weighted by molar-refractivity contribution is 0.0338. The van der Waals surface area contributed by atoms with Gasteiger partial charge in [-0.3, -0.25) is 0 Å². The fourth-order valence-corrected chi connectivity index (χ4v) is 2.36. The third-order valence-electron chi connectivity index (χ3n) is 3.15. The number of esters is 1. The van der Waals surface area contributed by atoms with E-state index in [1.165, 1.54) is 0 Å². The van der Waals surface area contributed by atoms with Crippen molar-refractivity contribution >= 4 is 17.7 Å². The van der Waals surface area contributed by atoms with E-state index in [1.54, 1.807) is 20.8 Å². The van der Waals surface area contributed by atoms with Crippen LogP contribution in [0.2, 0.25) is 0 Å². The van der Waals surface area contributed by atoms with Crippen LogP contribution in [0.15, 0.2) is 9.52 Å². The van der Waals surface area contributed by atoms with E-state index in [-0.39, 0.29) is 11.9 Å². The predicted octanol–water partition coefficient (Wildman–Crippen LogP) is 1.86. The van der Waals surface area contributed by atoms with Crippen LogP contribution in [0.1, 0.15) is 54.1 Å². The van der Waals surface area contributed by atoms with Gasteiger partial charge in [-0.1, -0.05) is 0 Å². The van der Waals surface area contributed by atoms with Gasteiger partial charge in [0.2, 0.25) is 5.76 Å². The number of fused-ring (bicyclic) bond motifs is 1. The van der Waals surface area contributed by atoms with Crippen LogP contribution in [0.3, 0.4) is 0 Å². The highest BCUT2D eigenvalue weighted by molar-refractivity contribution is 6.06. The van der Waals surface area contributed by atoms with Crippen molar-refractivity contribution in [3.63, 3.8) is 0 Å². The molecule has 114 valence electrons. The lowest BCUT2D eigenvalue weighted by atomic mass is 9.93. The second kappa shape index (κ2) is 5.99. The summed E-state index contributed by atoms with van der Waals surface area (Å²) in [4.78, 5) is 22.8. The van der Waals surface area contributed by atoms with Gasteiger partial charge in [0.25, 0.3) is 0 Å². The molecule has 1 aliphatic rings. The summed E-state index contributed by atoms with van der Waals surface area (Å²) in [6.07, 6.45) is 2.02. The fraction of sp³-hybridized carbons (Fsp3) is 0.500. The van der Waals surface area contributed by atoms with E-state index in [0.717, 1.165) is 18.4 Å². The van der Waals surface area contributed by atoms with Gasteiger partial charge in [0.05, 0.1) is 11.8 Å². The van der Waals surface area contributed by atoms with Crippen LogP contribution in [0.25, 0.3) is 0 Å². The molecule has 0 spiro atoms. The van der Waals surface area contributed by atoms with Crippen molar-refractivity contribution in [2.75, 3.05) is 0 Å². The van der Waals surface area contributed by atoms with E-state index in [4.69, 9.17) is 14.9 Å². The van der Waals surface area contributed by atoms with Crippen LogP contribution in [0.5, 0.6) is 0 Å². The molecule has 1 aromatic heterocycles. The molecule has 2 rings (SSSR count). The molecule has 0 fully saturated rings. The van der Waals surface area contributed by atoms with Crippen LogP contribution in [-0.4, -0.2) is 23.8 Å². The topological polar surface area (TPSA) is 107 Å². The van der Waals surface area contributed by atoms with E-state index in [1.807, 2.05) is 0 Å². The summed E-state index contributed by atoms with van der Waals surface area (Å²) < 4.78 is 10.8.